The molecule has 0 amide bonds. The number of likely N-dealkylation sites (N-methyl/N-ethyl adjacent to an activating group) is 1. The van der Waals surface area contributed by atoms with E-state index in [4.69, 9.17) is 4.74 Å². The number of aliphatic hydroxyl groups excluding tert-OH is 2. The van der Waals surface area contributed by atoms with Crippen LogP contribution in [-0.2, 0) is 4.74 Å². The molecule has 1 aromatic heterocycles. The Labute approximate surface area is 102 Å². The first-order valence-electron chi connectivity index (χ1n) is 5.56. The second kappa shape index (κ2) is 6.54. The van der Waals surface area contributed by atoms with Crippen LogP contribution < -0.4 is 4.90 Å². The predicted molar refractivity (Wildman–Crippen MR) is 66.0 cm³/mol. The number of aliphatic hydroxyl groups is 2. The third kappa shape index (κ3) is 4.30. The van der Waals surface area contributed by atoms with Gasteiger partial charge < -0.3 is 19.8 Å². The minimum atomic E-state index is -0.562. The Morgan fingerprint density at radius 3 is 2.59 bits per heavy atom. The van der Waals surface area contributed by atoms with Crippen molar-refractivity contribution in [3.63, 3.8) is 0 Å². The van der Waals surface area contributed by atoms with Crippen molar-refractivity contribution in [1.29, 1.82) is 0 Å². The van der Waals surface area contributed by atoms with Crippen LogP contribution in [0.15, 0.2) is 18.3 Å². The van der Waals surface area contributed by atoms with Crippen LogP contribution >= 0.6 is 0 Å². The summed E-state index contributed by atoms with van der Waals surface area (Å²) < 4.78 is 4.87. The number of methoxy groups -OCH3 is 1. The lowest BCUT2D eigenvalue weighted by molar-refractivity contribution is 0.0695. The average molecular weight is 240 g/mol. The van der Waals surface area contributed by atoms with Gasteiger partial charge in [-0.3, -0.25) is 4.98 Å². The molecule has 1 heterocycles. The molecule has 1 rings (SSSR count). The van der Waals surface area contributed by atoms with E-state index in [1.807, 2.05) is 18.0 Å². The van der Waals surface area contributed by atoms with Crippen LogP contribution in [0, 0.1) is 0 Å². The van der Waals surface area contributed by atoms with E-state index in [0.29, 0.717) is 18.8 Å². The lowest BCUT2D eigenvalue weighted by atomic mass is 10.2. The van der Waals surface area contributed by atoms with Crippen molar-refractivity contribution in [3.8, 4) is 0 Å². The van der Waals surface area contributed by atoms with Crippen LogP contribution in [-0.4, -0.2) is 48.6 Å². The van der Waals surface area contributed by atoms with E-state index in [-0.39, 0.29) is 0 Å². The molecule has 2 N–H and O–H groups in total. The highest BCUT2D eigenvalue weighted by atomic mass is 16.5. The molecule has 0 aromatic carbocycles. The van der Waals surface area contributed by atoms with Gasteiger partial charge in [0.05, 0.1) is 36.4 Å². The highest BCUT2D eigenvalue weighted by Crippen LogP contribution is 2.15. The van der Waals surface area contributed by atoms with E-state index >= 15 is 0 Å². The molecule has 1 aromatic rings. The minimum absolute atomic E-state index is 0.309. The summed E-state index contributed by atoms with van der Waals surface area (Å²) >= 11 is 0. The molecule has 0 fully saturated rings. The first-order chi connectivity index (χ1) is 8.04. The molecule has 0 bridgehead atoms. The third-order valence-corrected chi connectivity index (χ3v) is 2.48. The van der Waals surface area contributed by atoms with E-state index in [1.165, 1.54) is 0 Å². The van der Waals surface area contributed by atoms with Gasteiger partial charge in [-0.1, -0.05) is 0 Å². The highest BCUT2D eigenvalue weighted by Gasteiger charge is 2.09. The van der Waals surface area contributed by atoms with Crippen LogP contribution in [0.3, 0.4) is 0 Å². The number of ether oxygens (including phenoxy) is 1. The maximum atomic E-state index is 9.60. The Kier molecular flexibility index (Phi) is 5.34. The van der Waals surface area contributed by atoms with Crippen LogP contribution in [0.25, 0.3) is 0 Å². The van der Waals surface area contributed by atoms with E-state index in [1.54, 1.807) is 26.3 Å². The van der Waals surface area contributed by atoms with Gasteiger partial charge in [0.15, 0.2) is 0 Å². The molecular weight excluding hydrogens is 220 g/mol. The summed E-state index contributed by atoms with van der Waals surface area (Å²) in [6.45, 7) is 2.46. The number of hydrogen-bond donors (Lipinski definition) is 2. The quantitative estimate of drug-likeness (QED) is 0.761. The molecule has 0 saturated heterocycles. The number of aromatic nitrogens is 1. The lowest BCUT2D eigenvalue weighted by Crippen LogP contribution is -2.31. The van der Waals surface area contributed by atoms with Crippen molar-refractivity contribution in [2.75, 3.05) is 32.2 Å². The normalized spacial score (nSPS) is 14.4. The lowest BCUT2D eigenvalue weighted by Gasteiger charge is -2.22. The molecule has 96 valence electrons. The van der Waals surface area contributed by atoms with Gasteiger partial charge in [0.1, 0.15) is 0 Å². The van der Waals surface area contributed by atoms with Crippen LogP contribution in [0.4, 0.5) is 5.69 Å². The summed E-state index contributed by atoms with van der Waals surface area (Å²) in [4.78, 5) is 6.04. The zero-order chi connectivity index (χ0) is 12.8. The summed E-state index contributed by atoms with van der Waals surface area (Å²) in [5, 5.41) is 18.9. The maximum Gasteiger partial charge on any atom is 0.0947 e. The van der Waals surface area contributed by atoms with Gasteiger partial charge in [0, 0.05) is 20.7 Å². The zero-order valence-electron chi connectivity index (χ0n) is 10.5. The molecule has 0 spiro atoms. The molecule has 0 saturated carbocycles. The van der Waals surface area contributed by atoms with Gasteiger partial charge in [-0.25, -0.2) is 0 Å². The van der Waals surface area contributed by atoms with Crippen molar-refractivity contribution in [2.45, 2.75) is 19.1 Å². The first-order valence-corrected chi connectivity index (χ1v) is 5.56. The number of pyridine rings is 1. The van der Waals surface area contributed by atoms with E-state index in [0.717, 1.165) is 5.69 Å². The van der Waals surface area contributed by atoms with Crippen molar-refractivity contribution in [3.05, 3.63) is 24.0 Å². The fourth-order valence-corrected chi connectivity index (χ4v) is 1.54. The second-order valence-corrected chi connectivity index (χ2v) is 4.11. The van der Waals surface area contributed by atoms with Gasteiger partial charge in [-0.2, -0.15) is 0 Å². The topological polar surface area (TPSA) is 65.8 Å². The summed E-state index contributed by atoms with van der Waals surface area (Å²) in [7, 11) is 3.43. The number of hydrogen-bond acceptors (Lipinski definition) is 5. The van der Waals surface area contributed by atoms with Gasteiger partial charge in [0.2, 0.25) is 0 Å². The monoisotopic (exact) mass is 240 g/mol. The van der Waals surface area contributed by atoms with Gasteiger partial charge in [-0.15, -0.1) is 0 Å². The maximum absolute atomic E-state index is 9.60. The van der Waals surface area contributed by atoms with E-state index < -0.39 is 12.2 Å². The Bertz CT molecular complexity index is 327. The van der Waals surface area contributed by atoms with E-state index in [2.05, 4.69) is 4.98 Å². The van der Waals surface area contributed by atoms with Gasteiger partial charge in [-0.05, 0) is 19.1 Å². The molecular formula is C12H20N2O3. The fraction of sp³-hybridized carbons (Fsp3) is 0.583. The summed E-state index contributed by atoms with van der Waals surface area (Å²) in [6, 6.07) is 3.65. The van der Waals surface area contributed by atoms with Crippen LogP contribution in [0.2, 0.25) is 0 Å². The van der Waals surface area contributed by atoms with Crippen molar-refractivity contribution >= 4 is 5.69 Å². The smallest absolute Gasteiger partial charge is 0.0947 e. The Morgan fingerprint density at radius 2 is 2.12 bits per heavy atom. The van der Waals surface area contributed by atoms with Crippen molar-refractivity contribution in [2.24, 2.45) is 0 Å². The standard InChI is InChI=1S/C12H20N2O3/c1-9(15)12-5-4-10(6-13-12)14(2)7-11(16)8-17-3/h4-6,9,11,15-16H,7-8H2,1-3H3/t9-,11?/m1/s1. The zero-order valence-corrected chi connectivity index (χ0v) is 10.5. The number of anilines is 1. The number of nitrogens with zero attached hydrogens (tertiary/aromatic N) is 2. The Morgan fingerprint density at radius 1 is 1.41 bits per heavy atom. The third-order valence-electron chi connectivity index (χ3n) is 2.48. The molecule has 0 radical (unpaired) electrons. The Balaban J connectivity index is 2.60. The summed E-state index contributed by atoms with van der Waals surface area (Å²) in [5.74, 6) is 0. The minimum Gasteiger partial charge on any atom is -0.389 e. The molecule has 5 nitrogen and oxygen atoms in total. The number of rotatable bonds is 6. The second-order valence-electron chi connectivity index (χ2n) is 4.11. The van der Waals surface area contributed by atoms with Crippen molar-refractivity contribution in [1.82, 2.24) is 4.98 Å². The molecule has 0 aliphatic carbocycles. The summed E-state index contributed by atoms with van der Waals surface area (Å²) in [6.07, 6.45) is 0.594. The predicted octanol–water partition coefficient (Wildman–Crippen LogP) is 0.578. The largest absolute Gasteiger partial charge is 0.389 e. The van der Waals surface area contributed by atoms with Gasteiger partial charge >= 0.3 is 0 Å². The molecule has 0 aliphatic heterocycles. The van der Waals surface area contributed by atoms with Crippen LogP contribution in [0.1, 0.15) is 18.7 Å². The molecule has 17 heavy (non-hydrogen) atoms. The molecule has 0 aliphatic rings. The van der Waals surface area contributed by atoms with Crippen molar-refractivity contribution < 1.29 is 14.9 Å². The fourth-order valence-electron chi connectivity index (χ4n) is 1.54. The first kappa shape index (κ1) is 13.9. The van der Waals surface area contributed by atoms with Gasteiger partial charge in [0.25, 0.3) is 0 Å². The van der Waals surface area contributed by atoms with E-state index in [9.17, 15) is 10.2 Å². The molecule has 5 heteroatoms. The average Bonchev–Trinajstić information content (AvgIpc) is 2.29. The highest BCUT2D eigenvalue weighted by molar-refractivity contribution is 5.43. The molecule has 1 unspecified atom stereocenters. The SMILES string of the molecule is COCC(O)CN(C)c1ccc([C@@H](C)O)nc1. The van der Waals surface area contributed by atoms with Crippen LogP contribution in [0.5, 0.6) is 0 Å². The Hall–Kier alpha value is -1.17. The summed E-state index contributed by atoms with van der Waals surface area (Å²) in [5.41, 5.74) is 1.53. The molecule has 2 atom stereocenters.